The van der Waals surface area contributed by atoms with E-state index in [9.17, 15) is 9.59 Å². The van der Waals surface area contributed by atoms with Crippen molar-refractivity contribution in [2.45, 2.75) is 45.1 Å². The third-order valence-electron chi connectivity index (χ3n) is 6.96. The van der Waals surface area contributed by atoms with Gasteiger partial charge in [-0.05, 0) is 70.3 Å². The Morgan fingerprint density at radius 3 is 2.54 bits per heavy atom. The number of hydrogen-bond donors (Lipinski definition) is 0. The lowest BCUT2D eigenvalue weighted by atomic mass is 9.67. The average molecular weight is 404 g/mol. The molecule has 0 spiro atoms. The molecule has 0 bridgehead atoms. The summed E-state index contributed by atoms with van der Waals surface area (Å²) < 4.78 is 0. The van der Waals surface area contributed by atoms with Crippen LogP contribution in [-0.4, -0.2) is 72.3 Å². The monoisotopic (exact) mass is 403 g/mol. The second kappa shape index (κ2) is 7.68. The Morgan fingerprint density at radius 1 is 1.07 bits per heavy atom. The number of aryl methyl sites for hydroxylation is 1. The lowest BCUT2D eigenvalue weighted by molar-refractivity contribution is -0.152. The molecule has 0 aliphatic carbocycles. The molecule has 4 rings (SSSR count). The molecule has 0 radical (unpaired) electrons. The van der Waals surface area contributed by atoms with E-state index in [-0.39, 0.29) is 17.9 Å². The van der Waals surface area contributed by atoms with Gasteiger partial charge in [0.05, 0.1) is 11.5 Å². The van der Waals surface area contributed by atoms with Gasteiger partial charge in [0.1, 0.15) is 0 Å². The van der Waals surface area contributed by atoms with Crippen LogP contribution in [0.5, 0.6) is 0 Å². The molecule has 3 saturated heterocycles. The molecule has 3 aliphatic heterocycles. The number of likely N-dealkylation sites (N-methyl/N-ethyl adjacent to an activating group) is 1. The van der Waals surface area contributed by atoms with Crippen LogP contribution in [0, 0.1) is 12.3 Å². The second-order valence-corrected chi connectivity index (χ2v) is 9.16. The van der Waals surface area contributed by atoms with E-state index in [0.717, 1.165) is 63.8 Å². The lowest BCUT2D eigenvalue weighted by Crippen LogP contribution is -2.66. The van der Waals surface area contributed by atoms with Crippen LogP contribution in [0.3, 0.4) is 0 Å². The number of fused-ring (bicyclic) bond motifs is 1. The van der Waals surface area contributed by atoms with Crippen LogP contribution in [0.4, 0.5) is 0 Å². The first kappa shape index (κ1) is 19.7. The van der Waals surface area contributed by atoms with Crippen molar-refractivity contribution in [3.63, 3.8) is 0 Å². The first-order valence-electron chi connectivity index (χ1n) is 10.5. The number of amides is 2. The molecule has 0 aromatic heterocycles. The summed E-state index contributed by atoms with van der Waals surface area (Å²) in [7, 11) is 2.09. The first-order valence-corrected chi connectivity index (χ1v) is 10.9. The van der Waals surface area contributed by atoms with Crippen LogP contribution in [0.25, 0.3) is 0 Å². The number of rotatable bonds is 2. The van der Waals surface area contributed by atoms with E-state index in [1.165, 1.54) is 0 Å². The molecule has 0 unspecified atom stereocenters. The molecule has 3 fully saturated rings. The van der Waals surface area contributed by atoms with Crippen LogP contribution in [0.1, 0.15) is 48.0 Å². The van der Waals surface area contributed by atoms with E-state index < -0.39 is 5.41 Å². The Hall–Kier alpha value is -1.59. The molecular weight excluding hydrogens is 374 g/mol. The van der Waals surface area contributed by atoms with Gasteiger partial charge in [-0.2, -0.15) is 0 Å². The Labute approximate surface area is 172 Å². The van der Waals surface area contributed by atoms with Crippen molar-refractivity contribution in [1.29, 1.82) is 0 Å². The van der Waals surface area contributed by atoms with E-state index in [1.807, 2.05) is 24.0 Å². The lowest BCUT2D eigenvalue weighted by Gasteiger charge is -2.54. The minimum Gasteiger partial charge on any atom is -0.342 e. The molecule has 0 saturated carbocycles. The van der Waals surface area contributed by atoms with Gasteiger partial charge < -0.3 is 14.7 Å². The number of benzene rings is 1. The Balaban J connectivity index is 1.66. The van der Waals surface area contributed by atoms with Crippen molar-refractivity contribution in [2.24, 2.45) is 5.41 Å². The maximum Gasteiger partial charge on any atom is 0.254 e. The number of piperidine rings is 2. The number of carbonyl (C=O) groups excluding carboxylic acids is 2. The predicted octanol–water partition coefficient (Wildman–Crippen LogP) is 3.20. The normalized spacial score (nSPS) is 28.3. The molecule has 3 heterocycles. The van der Waals surface area contributed by atoms with Gasteiger partial charge in [0.25, 0.3) is 5.91 Å². The number of carbonyl (C=O) groups is 2. The summed E-state index contributed by atoms with van der Waals surface area (Å²) in [6.07, 6.45) is 4.79. The third-order valence-corrected chi connectivity index (χ3v) is 7.37. The average Bonchev–Trinajstić information content (AvgIpc) is 3.23. The Kier molecular flexibility index (Phi) is 5.41. The van der Waals surface area contributed by atoms with E-state index in [2.05, 4.69) is 16.8 Å². The van der Waals surface area contributed by atoms with Gasteiger partial charge in [0.15, 0.2) is 0 Å². The second-order valence-electron chi connectivity index (χ2n) is 8.75. The molecule has 152 valence electrons. The summed E-state index contributed by atoms with van der Waals surface area (Å²) >= 11 is 6.28. The smallest absolute Gasteiger partial charge is 0.254 e. The largest absolute Gasteiger partial charge is 0.342 e. The summed E-state index contributed by atoms with van der Waals surface area (Å²) in [4.78, 5) is 33.3. The molecule has 28 heavy (non-hydrogen) atoms. The minimum atomic E-state index is -0.431. The van der Waals surface area contributed by atoms with E-state index in [0.29, 0.717) is 17.1 Å². The fraction of sp³-hybridized carbons (Fsp3) is 0.636. The maximum absolute atomic E-state index is 13.6. The predicted molar refractivity (Wildman–Crippen MR) is 111 cm³/mol. The number of likely N-dealkylation sites (tertiary alicyclic amines) is 3. The first-order chi connectivity index (χ1) is 13.4. The highest BCUT2D eigenvalue weighted by Crippen LogP contribution is 2.44. The van der Waals surface area contributed by atoms with Crippen molar-refractivity contribution in [2.75, 3.05) is 39.8 Å². The highest BCUT2D eigenvalue weighted by atomic mass is 35.5. The highest BCUT2D eigenvalue weighted by Gasteiger charge is 2.54. The van der Waals surface area contributed by atoms with Gasteiger partial charge in [-0.15, -0.1) is 0 Å². The summed E-state index contributed by atoms with van der Waals surface area (Å²) in [5.74, 6) is 0.281. The molecule has 2 amide bonds. The van der Waals surface area contributed by atoms with Gasteiger partial charge in [-0.3, -0.25) is 9.59 Å². The van der Waals surface area contributed by atoms with Crippen molar-refractivity contribution in [3.8, 4) is 0 Å². The number of hydrogen-bond acceptors (Lipinski definition) is 3. The van der Waals surface area contributed by atoms with Gasteiger partial charge in [0, 0.05) is 36.8 Å². The standard InChI is InChI=1S/C22H30ClN3O2/c1-16-6-7-17(14-18(16)23)20(27)26-12-5-8-22(9-13-24(2)15-19(22)26)21(28)25-10-3-4-11-25/h6-7,14,19H,3-5,8-13,15H2,1-2H3/t19-,22+/m0/s1. The Bertz CT molecular complexity index is 777. The summed E-state index contributed by atoms with van der Waals surface area (Å²) in [6, 6.07) is 5.45. The molecular formula is C22H30ClN3O2. The van der Waals surface area contributed by atoms with Crippen molar-refractivity contribution >= 4 is 23.4 Å². The van der Waals surface area contributed by atoms with Crippen LogP contribution in [-0.2, 0) is 4.79 Å². The van der Waals surface area contributed by atoms with Gasteiger partial charge >= 0.3 is 0 Å². The van der Waals surface area contributed by atoms with E-state index in [4.69, 9.17) is 11.6 Å². The molecule has 2 atom stereocenters. The van der Waals surface area contributed by atoms with Crippen molar-refractivity contribution in [3.05, 3.63) is 34.3 Å². The van der Waals surface area contributed by atoms with E-state index in [1.54, 1.807) is 6.07 Å². The fourth-order valence-electron chi connectivity index (χ4n) is 5.25. The zero-order valence-corrected chi connectivity index (χ0v) is 17.7. The highest BCUT2D eigenvalue weighted by molar-refractivity contribution is 6.31. The molecule has 0 N–H and O–H groups in total. The molecule has 6 heteroatoms. The van der Waals surface area contributed by atoms with Gasteiger partial charge in [-0.1, -0.05) is 17.7 Å². The molecule has 3 aliphatic rings. The quantitative estimate of drug-likeness (QED) is 0.761. The van der Waals surface area contributed by atoms with E-state index >= 15 is 0 Å². The molecule has 5 nitrogen and oxygen atoms in total. The summed E-state index contributed by atoms with van der Waals surface area (Å²) in [6.45, 7) is 6.04. The number of halogens is 1. The third kappa shape index (κ3) is 3.33. The topological polar surface area (TPSA) is 43.9 Å². The summed E-state index contributed by atoms with van der Waals surface area (Å²) in [5, 5.41) is 0.614. The van der Waals surface area contributed by atoms with Gasteiger partial charge in [0.2, 0.25) is 5.91 Å². The SMILES string of the molecule is Cc1ccc(C(=O)N2CCC[C@@]3(C(=O)N4CCCC4)CCN(C)C[C@H]23)cc1Cl. The summed E-state index contributed by atoms with van der Waals surface area (Å²) in [5.41, 5.74) is 1.15. The van der Waals surface area contributed by atoms with Gasteiger partial charge in [-0.25, -0.2) is 0 Å². The van der Waals surface area contributed by atoms with Crippen LogP contribution >= 0.6 is 11.6 Å². The van der Waals surface area contributed by atoms with Crippen LogP contribution < -0.4 is 0 Å². The van der Waals surface area contributed by atoms with Crippen LogP contribution in [0.15, 0.2) is 18.2 Å². The minimum absolute atomic E-state index is 0.000460. The Morgan fingerprint density at radius 2 is 1.82 bits per heavy atom. The zero-order chi connectivity index (χ0) is 19.9. The maximum atomic E-state index is 13.6. The van der Waals surface area contributed by atoms with Crippen molar-refractivity contribution in [1.82, 2.24) is 14.7 Å². The molecule has 1 aromatic rings. The zero-order valence-electron chi connectivity index (χ0n) is 16.9. The fourth-order valence-corrected chi connectivity index (χ4v) is 5.43. The van der Waals surface area contributed by atoms with Crippen molar-refractivity contribution < 1.29 is 9.59 Å². The number of nitrogens with zero attached hydrogens (tertiary/aromatic N) is 3. The van der Waals surface area contributed by atoms with Crippen LogP contribution in [0.2, 0.25) is 5.02 Å². The molecule has 1 aromatic carbocycles.